The van der Waals surface area contributed by atoms with E-state index >= 15 is 0 Å². The molecule has 1 amide bonds. The van der Waals surface area contributed by atoms with Crippen LogP contribution >= 0.6 is 11.3 Å². The summed E-state index contributed by atoms with van der Waals surface area (Å²) in [5.41, 5.74) is 0. The summed E-state index contributed by atoms with van der Waals surface area (Å²) in [6.07, 6.45) is 1.47. The molecule has 0 spiro atoms. The molecule has 3 aliphatic rings. The molecule has 3 atom stereocenters. The first-order valence-electron chi connectivity index (χ1n) is 9.78. The maximum absolute atomic E-state index is 12.5. The van der Waals surface area contributed by atoms with Crippen LogP contribution in [0, 0.1) is 0 Å². The molecule has 0 aliphatic carbocycles. The van der Waals surface area contributed by atoms with Crippen LogP contribution in [0.25, 0.3) is 0 Å². The summed E-state index contributed by atoms with van der Waals surface area (Å²) >= 11 is 1.70. The molecule has 0 unspecified atom stereocenters. The van der Waals surface area contributed by atoms with Gasteiger partial charge in [0.1, 0.15) is 11.1 Å². The lowest BCUT2D eigenvalue weighted by Crippen LogP contribution is -2.49. The fourth-order valence-corrected chi connectivity index (χ4v) is 4.47. The lowest BCUT2D eigenvalue weighted by atomic mass is 9.98. The summed E-state index contributed by atoms with van der Waals surface area (Å²) in [6, 6.07) is 0.422. The minimum atomic E-state index is -5.08. The molecule has 3 saturated heterocycles. The largest absolute Gasteiger partial charge is 0.490 e. The Labute approximate surface area is 175 Å². The highest BCUT2D eigenvalue weighted by molar-refractivity contribution is 7.09. The molecule has 0 aromatic carbocycles. The number of aliphatic carboxylic acids is 1. The molecule has 12 heteroatoms. The topological polar surface area (TPSA) is 92.2 Å². The number of thiazole rings is 1. The van der Waals surface area contributed by atoms with Gasteiger partial charge < -0.3 is 9.84 Å². The minimum absolute atomic E-state index is 0.0153. The summed E-state index contributed by atoms with van der Waals surface area (Å²) in [5.74, 6) is -2.74. The van der Waals surface area contributed by atoms with E-state index in [1.807, 2.05) is 11.6 Å². The average Bonchev–Trinajstić information content (AvgIpc) is 3.38. The molecule has 4 heterocycles. The Hall–Kier alpha value is -1.76. The van der Waals surface area contributed by atoms with Crippen LogP contribution in [0.2, 0.25) is 0 Å². The number of hydroxylamine groups is 2. The fourth-order valence-electron chi connectivity index (χ4n) is 3.83. The molecular weight excluding hydrogens is 427 g/mol. The first kappa shape index (κ1) is 22.9. The van der Waals surface area contributed by atoms with Crippen molar-refractivity contribution >= 4 is 23.2 Å². The highest BCUT2D eigenvalue weighted by Gasteiger charge is 2.43. The van der Waals surface area contributed by atoms with E-state index in [4.69, 9.17) is 19.5 Å². The number of hydrogen-bond acceptors (Lipinski definition) is 7. The number of amides is 1. The number of carbonyl (C=O) groups is 2. The standard InChI is InChI=1S/C16H23N3O3S.C2HF3O2/c20-16(19-7-1-2-9-21-19)14-4-3-12-13(22-14)5-8-18(12)11-15-17-6-10-23-15;3-2(4,5)1(6)7/h6,10,12-14H,1-5,7-9,11H2;(H,6,7)/t12-,13-,14+;/m1./s1. The van der Waals surface area contributed by atoms with Crippen LogP contribution in [0.3, 0.4) is 0 Å². The van der Waals surface area contributed by atoms with Crippen LogP contribution in [0.15, 0.2) is 11.6 Å². The van der Waals surface area contributed by atoms with E-state index in [0.29, 0.717) is 19.2 Å². The van der Waals surface area contributed by atoms with Crippen molar-refractivity contribution in [1.29, 1.82) is 0 Å². The molecule has 0 bridgehead atoms. The van der Waals surface area contributed by atoms with Crippen molar-refractivity contribution in [1.82, 2.24) is 14.9 Å². The number of carboxylic acid groups (broad SMARTS) is 1. The smallest absolute Gasteiger partial charge is 0.475 e. The summed E-state index contributed by atoms with van der Waals surface area (Å²) in [6.45, 7) is 3.27. The third-order valence-electron chi connectivity index (χ3n) is 5.25. The Kier molecular flexibility index (Phi) is 7.66. The zero-order valence-electron chi connectivity index (χ0n) is 16.2. The monoisotopic (exact) mass is 451 g/mol. The number of aromatic nitrogens is 1. The van der Waals surface area contributed by atoms with Crippen LogP contribution in [-0.2, 0) is 25.7 Å². The maximum atomic E-state index is 12.5. The van der Waals surface area contributed by atoms with E-state index < -0.39 is 12.1 Å². The predicted molar refractivity (Wildman–Crippen MR) is 99.4 cm³/mol. The Morgan fingerprint density at radius 1 is 1.23 bits per heavy atom. The van der Waals surface area contributed by atoms with Crippen LogP contribution in [0.4, 0.5) is 13.2 Å². The number of carbonyl (C=O) groups excluding carboxylic acids is 1. The average molecular weight is 451 g/mol. The molecule has 8 nitrogen and oxygen atoms in total. The van der Waals surface area contributed by atoms with Gasteiger partial charge in [-0.25, -0.2) is 14.8 Å². The van der Waals surface area contributed by atoms with E-state index in [0.717, 1.165) is 50.2 Å². The number of fused-ring (bicyclic) bond motifs is 1. The molecule has 0 saturated carbocycles. The second-order valence-corrected chi connectivity index (χ2v) is 8.26. The molecule has 4 rings (SSSR count). The number of likely N-dealkylation sites (tertiary alicyclic amines) is 1. The number of carboxylic acids is 1. The van der Waals surface area contributed by atoms with Gasteiger partial charge in [-0.15, -0.1) is 11.3 Å². The van der Waals surface area contributed by atoms with Gasteiger partial charge in [-0.05, 0) is 32.1 Å². The molecule has 30 heavy (non-hydrogen) atoms. The van der Waals surface area contributed by atoms with E-state index in [1.54, 1.807) is 11.3 Å². The number of hydrogen-bond donors (Lipinski definition) is 1. The van der Waals surface area contributed by atoms with Crippen molar-refractivity contribution in [3.63, 3.8) is 0 Å². The van der Waals surface area contributed by atoms with Crippen molar-refractivity contribution in [3.8, 4) is 0 Å². The van der Waals surface area contributed by atoms with Gasteiger partial charge >= 0.3 is 12.1 Å². The molecule has 0 radical (unpaired) electrons. The van der Waals surface area contributed by atoms with Gasteiger partial charge in [-0.3, -0.25) is 14.5 Å². The Bertz CT molecular complexity index is 712. The molecule has 1 aromatic heterocycles. The highest BCUT2D eigenvalue weighted by atomic mass is 32.1. The molecule has 1 aromatic rings. The SMILES string of the molecule is O=C(O)C(F)(F)F.O=C([C@@H]1CC[C@@H]2[C@@H](CCN2Cc2nccs2)O1)N1CCCCO1. The molecule has 3 aliphatic heterocycles. The number of ether oxygens (including phenoxy) is 1. The summed E-state index contributed by atoms with van der Waals surface area (Å²) < 4.78 is 37.9. The number of halogens is 3. The van der Waals surface area contributed by atoms with Crippen LogP contribution in [0.5, 0.6) is 0 Å². The number of alkyl halides is 3. The zero-order valence-corrected chi connectivity index (χ0v) is 17.0. The first-order chi connectivity index (χ1) is 14.3. The van der Waals surface area contributed by atoms with Crippen molar-refractivity contribution in [3.05, 3.63) is 16.6 Å². The Morgan fingerprint density at radius 2 is 2.00 bits per heavy atom. The van der Waals surface area contributed by atoms with Crippen LogP contribution in [0.1, 0.15) is 37.1 Å². The minimum Gasteiger partial charge on any atom is -0.475 e. The van der Waals surface area contributed by atoms with Gasteiger partial charge in [0.15, 0.2) is 0 Å². The summed E-state index contributed by atoms with van der Waals surface area (Å²) in [5, 5.41) is 11.8. The molecule has 1 N–H and O–H groups in total. The number of rotatable bonds is 3. The molecular formula is C18H24F3N3O5S. The summed E-state index contributed by atoms with van der Waals surface area (Å²) in [4.78, 5) is 33.8. The van der Waals surface area contributed by atoms with E-state index in [9.17, 15) is 18.0 Å². The van der Waals surface area contributed by atoms with Gasteiger partial charge in [-0.2, -0.15) is 13.2 Å². The van der Waals surface area contributed by atoms with Crippen molar-refractivity contribution < 1.29 is 37.4 Å². The van der Waals surface area contributed by atoms with E-state index in [-0.39, 0.29) is 18.1 Å². The Balaban J connectivity index is 0.000000318. The molecule has 168 valence electrons. The van der Waals surface area contributed by atoms with Crippen molar-refractivity contribution in [2.24, 2.45) is 0 Å². The fraction of sp³-hybridized carbons (Fsp3) is 0.722. The lowest BCUT2D eigenvalue weighted by Gasteiger charge is -2.37. The first-order valence-corrected chi connectivity index (χ1v) is 10.7. The predicted octanol–water partition coefficient (Wildman–Crippen LogP) is 2.45. The third-order valence-corrected chi connectivity index (χ3v) is 6.02. The zero-order chi connectivity index (χ0) is 21.7. The van der Waals surface area contributed by atoms with Gasteiger partial charge in [-0.1, -0.05) is 0 Å². The Morgan fingerprint density at radius 3 is 2.60 bits per heavy atom. The van der Waals surface area contributed by atoms with Crippen molar-refractivity contribution in [2.45, 2.75) is 63.1 Å². The van der Waals surface area contributed by atoms with Crippen LogP contribution < -0.4 is 0 Å². The second kappa shape index (κ2) is 10.0. The van der Waals surface area contributed by atoms with Gasteiger partial charge in [0.25, 0.3) is 5.91 Å². The summed E-state index contributed by atoms with van der Waals surface area (Å²) in [7, 11) is 0. The number of nitrogens with zero attached hydrogens (tertiary/aromatic N) is 3. The van der Waals surface area contributed by atoms with Gasteiger partial charge in [0.05, 0.1) is 19.3 Å². The van der Waals surface area contributed by atoms with Crippen molar-refractivity contribution in [2.75, 3.05) is 19.7 Å². The molecule has 3 fully saturated rings. The lowest BCUT2D eigenvalue weighted by molar-refractivity contribution is -0.213. The second-order valence-electron chi connectivity index (χ2n) is 7.28. The van der Waals surface area contributed by atoms with Gasteiger partial charge in [0, 0.05) is 30.7 Å². The van der Waals surface area contributed by atoms with Gasteiger partial charge in [0.2, 0.25) is 0 Å². The quantitative estimate of drug-likeness (QED) is 0.755. The van der Waals surface area contributed by atoms with Crippen LogP contribution in [-0.4, -0.2) is 76.1 Å². The highest BCUT2D eigenvalue weighted by Crippen LogP contribution is 2.33. The third kappa shape index (κ3) is 5.90. The normalized spacial score (nSPS) is 27.2. The maximum Gasteiger partial charge on any atom is 0.490 e. The van der Waals surface area contributed by atoms with E-state index in [1.165, 1.54) is 5.06 Å². The van der Waals surface area contributed by atoms with E-state index in [2.05, 4.69) is 9.88 Å².